The number of amides is 1. The Labute approximate surface area is 266 Å². The molecule has 0 spiro atoms. The molecule has 234 valence electrons. The largest absolute Gasteiger partial charge is 0.361 e. The molecule has 0 radical (unpaired) electrons. The molecule has 0 bridgehead atoms. The van der Waals surface area contributed by atoms with Gasteiger partial charge in [0.15, 0.2) is 0 Å². The van der Waals surface area contributed by atoms with E-state index in [1.54, 1.807) is 30.2 Å². The lowest BCUT2D eigenvalue weighted by atomic mass is 9.93. The van der Waals surface area contributed by atoms with E-state index in [0.29, 0.717) is 52.9 Å². The maximum Gasteiger partial charge on any atom is 0.273 e. The average Bonchev–Trinajstić information content (AvgIpc) is 3.04. The lowest BCUT2D eigenvalue weighted by Crippen LogP contribution is -2.41. The molecule has 0 aliphatic rings. The molecule has 8 heteroatoms. The SMILES string of the molecule is C=C(CC)/C(C(=N)c1ccc(CC)c([N+](=O)[O-])c1)=C(\N=C/C)NC(C)/C(=C\CC)N(C(=O)c1ccccc1C)c1ccccc1. The Morgan fingerprint density at radius 1 is 1.09 bits per heavy atom. The molecule has 1 amide bonds. The van der Waals surface area contributed by atoms with Crippen molar-refractivity contribution >= 4 is 29.2 Å². The van der Waals surface area contributed by atoms with Crippen LogP contribution in [0, 0.1) is 22.4 Å². The minimum absolute atomic E-state index is 0.0236. The molecule has 0 saturated heterocycles. The van der Waals surface area contributed by atoms with Gasteiger partial charge in [-0.1, -0.05) is 82.0 Å². The van der Waals surface area contributed by atoms with Crippen LogP contribution in [0.3, 0.4) is 0 Å². The molecular formula is C37H43N5O3. The van der Waals surface area contributed by atoms with Gasteiger partial charge in [-0.05, 0) is 69.4 Å². The average molecular weight is 606 g/mol. The monoisotopic (exact) mass is 605 g/mol. The molecule has 3 rings (SSSR count). The summed E-state index contributed by atoms with van der Waals surface area (Å²) in [5.41, 5.74) is 5.05. The van der Waals surface area contributed by atoms with Crippen molar-refractivity contribution in [3.05, 3.63) is 140 Å². The summed E-state index contributed by atoms with van der Waals surface area (Å²) in [6, 6.07) is 21.5. The predicted octanol–water partition coefficient (Wildman–Crippen LogP) is 8.72. The predicted molar refractivity (Wildman–Crippen MR) is 185 cm³/mol. The Hall–Kier alpha value is -5.11. The van der Waals surface area contributed by atoms with Crippen molar-refractivity contribution in [1.29, 1.82) is 5.41 Å². The lowest BCUT2D eigenvalue weighted by Gasteiger charge is -2.31. The molecule has 3 aromatic carbocycles. The van der Waals surface area contributed by atoms with Gasteiger partial charge in [-0.25, -0.2) is 4.99 Å². The second-order valence-electron chi connectivity index (χ2n) is 10.6. The molecule has 0 heterocycles. The molecule has 2 N–H and O–H groups in total. The standard InChI is InChI=1S/C37H43N5O3/c1-8-17-32(41(30-19-13-12-14-20-30)37(43)31-21-16-15-18-26(31)6)27(7)40-36(39-11-4)34(25(5)9-2)35(38)29-23-22-28(10-3)33(24-29)42(44)45/h11-24,27,38,40H,5,8-10H2,1-4,6-7H3/b32-17+,36-34-,38-35?,39-11-. The number of anilines is 1. The lowest BCUT2D eigenvalue weighted by molar-refractivity contribution is -0.385. The summed E-state index contributed by atoms with van der Waals surface area (Å²) in [5.74, 6) is 0.230. The van der Waals surface area contributed by atoms with Crippen LogP contribution in [0.15, 0.2) is 113 Å². The first-order valence-electron chi connectivity index (χ1n) is 15.3. The van der Waals surface area contributed by atoms with Crippen LogP contribution in [0.4, 0.5) is 11.4 Å². The Morgan fingerprint density at radius 3 is 2.33 bits per heavy atom. The van der Waals surface area contributed by atoms with E-state index in [1.165, 1.54) is 6.07 Å². The fourth-order valence-corrected chi connectivity index (χ4v) is 5.12. The molecule has 3 aromatic rings. The number of aliphatic imine (C=N–C) groups is 1. The molecule has 8 nitrogen and oxygen atoms in total. The zero-order valence-corrected chi connectivity index (χ0v) is 27.1. The Morgan fingerprint density at radius 2 is 1.76 bits per heavy atom. The molecule has 1 unspecified atom stereocenters. The molecule has 1 atom stereocenters. The molecule has 0 aromatic heterocycles. The number of hydrogen-bond donors (Lipinski definition) is 2. The highest BCUT2D eigenvalue weighted by Gasteiger charge is 2.28. The zero-order valence-electron chi connectivity index (χ0n) is 27.1. The normalized spacial score (nSPS) is 12.8. The molecule has 0 fully saturated rings. The number of hydrogen-bond acceptors (Lipinski definition) is 6. The first-order valence-corrected chi connectivity index (χ1v) is 15.3. The third-order valence-corrected chi connectivity index (χ3v) is 7.54. The fourth-order valence-electron chi connectivity index (χ4n) is 5.12. The highest BCUT2D eigenvalue weighted by molar-refractivity contribution is 6.14. The molecule has 0 aliphatic carbocycles. The van der Waals surface area contributed by atoms with Crippen molar-refractivity contribution in [2.75, 3.05) is 4.90 Å². The van der Waals surface area contributed by atoms with Gasteiger partial charge in [-0.3, -0.25) is 25.2 Å². The molecular weight excluding hydrogens is 562 g/mol. The molecule has 45 heavy (non-hydrogen) atoms. The minimum atomic E-state index is -0.443. The van der Waals surface area contributed by atoms with Gasteiger partial charge in [0.05, 0.1) is 16.7 Å². The number of carbonyl (C=O) groups is 1. The second kappa shape index (κ2) is 16.1. The zero-order chi connectivity index (χ0) is 33.1. The summed E-state index contributed by atoms with van der Waals surface area (Å²) in [4.78, 5) is 32.0. The summed E-state index contributed by atoms with van der Waals surface area (Å²) < 4.78 is 0. The van der Waals surface area contributed by atoms with Crippen LogP contribution < -0.4 is 10.2 Å². The van der Waals surface area contributed by atoms with Crippen molar-refractivity contribution in [1.82, 2.24) is 5.32 Å². The van der Waals surface area contributed by atoms with Crippen molar-refractivity contribution in [2.24, 2.45) is 4.99 Å². The first-order chi connectivity index (χ1) is 21.6. The number of nitrogens with zero attached hydrogens (tertiary/aromatic N) is 3. The van der Waals surface area contributed by atoms with E-state index in [0.717, 1.165) is 16.9 Å². The maximum atomic E-state index is 14.2. The van der Waals surface area contributed by atoms with Gasteiger partial charge in [0.1, 0.15) is 5.82 Å². The number of aryl methyl sites for hydroxylation is 2. The summed E-state index contributed by atoms with van der Waals surface area (Å²) in [6.45, 7) is 15.7. The van der Waals surface area contributed by atoms with Gasteiger partial charge in [0, 0.05) is 45.9 Å². The fraction of sp³-hybridized carbons (Fsp3) is 0.270. The number of nitro benzene ring substituents is 1. The number of nitrogens with one attached hydrogen (secondary N) is 2. The summed E-state index contributed by atoms with van der Waals surface area (Å²) in [5, 5.41) is 24.5. The van der Waals surface area contributed by atoms with Crippen LogP contribution in [0.1, 0.15) is 74.5 Å². The number of para-hydroxylation sites is 1. The van der Waals surface area contributed by atoms with E-state index in [1.807, 2.05) is 95.3 Å². The van der Waals surface area contributed by atoms with Crippen molar-refractivity contribution < 1.29 is 9.72 Å². The van der Waals surface area contributed by atoms with E-state index >= 15 is 0 Å². The van der Waals surface area contributed by atoms with Gasteiger partial charge >= 0.3 is 0 Å². The van der Waals surface area contributed by atoms with E-state index in [2.05, 4.69) is 16.9 Å². The number of allylic oxidation sites excluding steroid dienone is 3. The van der Waals surface area contributed by atoms with Gasteiger partial charge in [0.25, 0.3) is 11.6 Å². The molecule has 0 saturated carbocycles. The van der Waals surface area contributed by atoms with Crippen LogP contribution in [-0.4, -0.2) is 28.8 Å². The van der Waals surface area contributed by atoms with E-state index < -0.39 is 11.0 Å². The van der Waals surface area contributed by atoms with Crippen LogP contribution >= 0.6 is 0 Å². The summed E-state index contributed by atoms with van der Waals surface area (Å²) in [7, 11) is 0. The Kier molecular flexibility index (Phi) is 12.3. The number of carbonyl (C=O) groups excluding carboxylic acids is 1. The van der Waals surface area contributed by atoms with E-state index in [9.17, 15) is 20.3 Å². The second-order valence-corrected chi connectivity index (χ2v) is 10.6. The van der Waals surface area contributed by atoms with Crippen LogP contribution in [-0.2, 0) is 6.42 Å². The highest BCUT2D eigenvalue weighted by Crippen LogP contribution is 2.29. The number of rotatable bonds is 14. The van der Waals surface area contributed by atoms with Crippen molar-refractivity contribution in [3.8, 4) is 0 Å². The van der Waals surface area contributed by atoms with Gasteiger partial charge in [-0.2, -0.15) is 0 Å². The van der Waals surface area contributed by atoms with Crippen molar-refractivity contribution in [3.63, 3.8) is 0 Å². The third-order valence-electron chi connectivity index (χ3n) is 7.54. The van der Waals surface area contributed by atoms with Gasteiger partial charge in [0.2, 0.25) is 0 Å². The third kappa shape index (κ3) is 8.09. The Balaban J connectivity index is 2.18. The quantitative estimate of drug-likeness (QED) is 0.0828. The summed E-state index contributed by atoms with van der Waals surface area (Å²) in [6.07, 6.45) is 5.35. The van der Waals surface area contributed by atoms with Crippen LogP contribution in [0.2, 0.25) is 0 Å². The van der Waals surface area contributed by atoms with E-state index in [-0.39, 0.29) is 17.3 Å². The maximum absolute atomic E-state index is 14.2. The molecule has 0 aliphatic heterocycles. The summed E-state index contributed by atoms with van der Waals surface area (Å²) >= 11 is 0. The van der Waals surface area contributed by atoms with Crippen LogP contribution in [0.25, 0.3) is 0 Å². The van der Waals surface area contributed by atoms with E-state index in [4.69, 9.17) is 0 Å². The first kappa shape index (κ1) is 34.4. The van der Waals surface area contributed by atoms with Crippen LogP contribution in [0.5, 0.6) is 0 Å². The van der Waals surface area contributed by atoms with Crippen molar-refractivity contribution in [2.45, 2.75) is 66.8 Å². The van der Waals surface area contributed by atoms with Gasteiger partial charge in [-0.15, -0.1) is 0 Å². The smallest absolute Gasteiger partial charge is 0.273 e. The van der Waals surface area contributed by atoms with Gasteiger partial charge < -0.3 is 5.32 Å². The minimum Gasteiger partial charge on any atom is -0.361 e. The number of nitro groups is 1. The highest BCUT2D eigenvalue weighted by atomic mass is 16.6. The topological polar surface area (TPSA) is 112 Å². The number of benzene rings is 3. The Bertz CT molecular complexity index is 1650.